The summed E-state index contributed by atoms with van der Waals surface area (Å²) in [6, 6.07) is 17.4. The molecule has 33 heavy (non-hydrogen) atoms. The summed E-state index contributed by atoms with van der Waals surface area (Å²) in [5.74, 6) is 0.476. The first-order valence-corrected chi connectivity index (χ1v) is 10.7. The fourth-order valence-corrected chi connectivity index (χ4v) is 3.95. The Bertz CT molecular complexity index is 1470. The Morgan fingerprint density at radius 2 is 1.79 bits per heavy atom. The number of rotatable bonds is 7. The molecule has 0 amide bonds. The minimum Gasteiger partial charge on any atom is -0.385 e. The van der Waals surface area contributed by atoms with Gasteiger partial charge in [0.15, 0.2) is 11.2 Å². The van der Waals surface area contributed by atoms with Crippen LogP contribution in [0.15, 0.2) is 58.1 Å². The predicted octanol–water partition coefficient (Wildman–Crippen LogP) is 2.83. The Morgan fingerprint density at radius 1 is 1.06 bits per heavy atom. The van der Waals surface area contributed by atoms with Crippen LogP contribution < -0.4 is 11.2 Å². The lowest BCUT2D eigenvalue weighted by Crippen LogP contribution is -2.40. The van der Waals surface area contributed by atoms with Crippen LogP contribution in [0.2, 0.25) is 0 Å². The maximum atomic E-state index is 13.5. The summed E-state index contributed by atoms with van der Waals surface area (Å²) in [4.78, 5) is 31.2. The molecule has 2 aromatic heterocycles. The van der Waals surface area contributed by atoms with E-state index in [1.165, 1.54) is 9.13 Å². The summed E-state index contributed by atoms with van der Waals surface area (Å²) < 4.78 is 9.53. The first kappa shape index (κ1) is 22.2. The van der Waals surface area contributed by atoms with Crippen molar-refractivity contribution in [3.8, 4) is 17.5 Å². The third-order valence-corrected chi connectivity index (χ3v) is 5.71. The van der Waals surface area contributed by atoms with Crippen LogP contribution in [-0.4, -0.2) is 32.4 Å². The second kappa shape index (κ2) is 9.27. The van der Waals surface area contributed by atoms with Gasteiger partial charge in [0.2, 0.25) is 0 Å². The molecular weight excluding hydrogens is 418 g/mol. The molecule has 0 radical (unpaired) electrons. The molecule has 0 atom stereocenters. The number of imidazole rings is 1. The largest absolute Gasteiger partial charge is 0.385 e. The third kappa shape index (κ3) is 4.11. The summed E-state index contributed by atoms with van der Waals surface area (Å²) in [7, 11) is 3.19. The summed E-state index contributed by atoms with van der Waals surface area (Å²) in [6.07, 6.45) is 0.535. The molecule has 0 spiro atoms. The lowest BCUT2D eigenvalue weighted by atomic mass is 10.1. The molecule has 2 heterocycles. The highest BCUT2D eigenvalue weighted by atomic mass is 16.5. The Labute approximate surface area is 190 Å². The number of nitrogens with zero attached hydrogens (tertiary/aromatic N) is 5. The highest BCUT2D eigenvalue weighted by Crippen LogP contribution is 2.26. The van der Waals surface area contributed by atoms with E-state index < -0.39 is 11.2 Å². The Morgan fingerprint density at radius 3 is 2.48 bits per heavy atom. The quantitative estimate of drug-likeness (QED) is 0.410. The van der Waals surface area contributed by atoms with E-state index in [1.54, 1.807) is 32.4 Å². The summed E-state index contributed by atoms with van der Waals surface area (Å²) in [5.41, 5.74) is 2.97. The highest BCUT2D eigenvalue weighted by molar-refractivity contribution is 5.79. The Balaban J connectivity index is 2.02. The van der Waals surface area contributed by atoms with E-state index in [2.05, 4.69) is 6.07 Å². The summed E-state index contributed by atoms with van der Waals surface area (Å²) >= 11 is 0. The average Bonchev–Trinajstić information content (AvgIpc) is 3.20. The topological polar surface area (TPSA) is 94.8 Å². The molecule has 0 aliphatic heterocycles. The van der Waals surface area contributed by atoms with Gasteiger partial charge in [-0.25, -0.2) is 9.78 Å². The zero-order valence-corrected chi connectivity index (χ0v) is 18.9. The highest BCUT2D eigenvalue weighted by Gasteiger charge is 2.22. The number of aryl methyl sites for hydroxylation is 2. The minimum atomic E-state index is -0.427. The van der Waals surface area contributed by atoms with Crippen molar-refractivity contribution in [2.45, 2.75) is 26.4 Å². The average molecular weight is 444 g/mol. The molecule has 0 saturated heterocycles. The van der Waals surface area contributed by atoms with E-state index in [-0.39, 0.29) is 6.54 Å². The first-order chi connectivity index (χ1) is 16.0. The van der Waals surface area contributed by atoms with Gasteiger partial charge in [0.05, 0.1) is 11.6 Å². The predicted molar refractivity (Wildman–Crippen MR) is 126 cm³/mol. The van der Waals surface area contributed by atoms with Gasteiger partial charge in [-0.1, -0.05) is 42.0 Å². The van der Waals surface area contributed by atoms with Gasteiger partial charge in [-0.05, 0) is 31.0 Å². The molecular formula is C25H25N5O3. The van der Waals surface area contributed by atoms with Gasteiger partial charge in [0.1, 0.15) is 5.82 Å². The number of hydrogen-bond donors (Lipinski definition) is 0. The van der Waals surface area contributed by atoms with Crippen LogP contribution in [0, 0.1) is 18.3 Å². The van der Waals surface area contributed by atoms with Crippen molar-refractivity contribution in [1.29, 1.82) is 5.26 Å². The van der Waals surface area contributed by atoms with E-state index in [0.717, 1.165) is 11.1 Å². The van der Waals surface area contributed by atoms with Crippen LogP contribution in [0.4, 0.5) is 0 Å². The standard InChI is InChI=1S/C25H25N5O3/c1-17-9-11-18(12-10-17)16-30-21-23(27-22(30)20-8-5-4-7-19(20)15-26)28(2)25(32)29(24(21)31)13-6-14-33-3/h4-5,7-12H,6,13-14,16H2,1-3H3. The van der Waals surface area contributed by atoms with Crippen LogP contribution in [0.25, 0.3) is 22.6 Å². The van der Waals surface area contributed by atoms with Gasteiger partial charge < -0.3 is 9.30 Å². The van der Waals surface area contributed by atoms with Crippen LogP contribution >= 0.6 is 0 Å². The molecule has 2 aromatic carbocycles. The van der Waals surface area contributed by atoms with Gasteiger partial charge in [-0.3, -0.25) is 13.9 Å². The monoisotopic (exact) mass is 443 g/mol. The van der Waals surface area contributed by atoms with Crippen LogP contribution in [-0.2, 0) is 24.9 Å². The van der Waals surface area contributed by atoms with Crippen molar-refractivity contribution in [2.24, 2.45) is 7.05 Å². The van der Waals surface area contributed by atoms with E-state index in [1.807, 2.05) is 41.8 Å². The molecule has 0 N–H and O–H groups in total. The molecule has 0 saturated carbocycles. The van der Waals surface area contributed by atoms with Crippen molar-refractivity contribution in [3.05, 3.63) is 86.1 Å². The molecule has 168 valence electrons. The Kier molecular flexibility index (Phi) is 6.24. The van der Waals surface area contributed by atoms with Gasteiger partial charge >= 0.3 is 5.69 Å². The first-order valence-electron chi connectivity index (χ1n) is 10.7. The van der Waals surface area contributed by atoms with Crippen molar-refractivity contribution >= 4 is 11.2 Å². The number of hydrogen-bond acceptors (Lipinski definition) is 5. The SMILES string of the molecule is COCCCn1c(=O)c2c(nc(-c3ccccc3C#N)n2Cc2ccc(C)cc2)n(C)c1=O. The van der Waals surface area contributed by atoms with Crippen molar-refractivity contribution in [1.82, 2.24) is 18.7 Å². The second-order valence-corrected chi connectivity index (χ2v) is 7.98. The van der Waals surface area contributed by atoms with Crippen molar-refractivity contribution in [2.75, 3.05) is 13.7 Å². The normalized spacial score (nSPS) is 11.1. The summed E-state index contributed by atoms with van der Waals surface area (Å²) in [6.45, 7) is 3.07. The summed E-state index contributed by atoms with van der Waals surface area (Å²) in [5, 5.41) is 9.66. The maximum absolute atomic E-state index is 13.5. The molecule has 0 fully saturated rings. The maximum Gasteiger partial charge on any atom is 0.332 e. The molecule has 0 aliphatic carbocycles. The van der Waals surface area contributed by atoms with Gasteiger partial charge in [-0.2, -0.15) is 5.26 Å². The third-order valence-electron chi connectivity index (χ3n) is 5.71. The van der Waals surface area contributed by atoms with E-state index in [4.69, 9.17) is 9.72 Å². The number of nitriles is 1. The number of fused-ring (bicyclic) bond motifs is 1. The van der Waals surface area contributed by atoms with Gasteiger partial charge in [-0.15, -0.1) is 0 Å². The number of aromatic nitrogens is 4. The van der Waals surface area contributed by atoms with E-state index in [0.29, 0.717) is 47.7 Å². The van der Waals surface area contributed by atoms with Crippen molar-refractivity contribution < 1.29 is 4.74 Å². The molecule has 4 rings (SSSR count). The molecule has 0 aliphatic rings. The smallest absolute Gasteiger partial charge is 0.332 e. The number of benzene rings is 2. The van der Waals surface area contributed by atoms with E-state index >= 15 is 0 Å². The molecule has 0 bridgehead atoms. The molecule has 8 nitrogen and oxygen atoms in total. The lowest BCUT2D eigenvalue weighted by Gasteiger charge is -2.12. The lowest BCUT2D eigenvalue weighted by molar-refractivity contribution is 0.189. The van der Waals surface area contributed by atoms with Crippen LogP contribution in [0.3, 0.4) is 0 Å². The van der Waals surface area contributed by atoms with E-state index in [9.17, 15) is 14.9 Å². The zero-order chi connectivity index (χ0) is 23.5. The Hall–Kier alpha value is -3.96. The van der Waals surface area contributed by atoms with Crippen LogP contribution in [0.1, 0.15) is 23.1 Å². The van der Waals surface area contributed by atoms with Gasteiger partial charge in [0.25, 0.3) is 5.56 Å². The fourth-order valence-electron chi connectivity index (χ4n) is 3.95. The zero-order valence-electron chi connectivity index (χ0n) is 18.9. The minimum absolute atomic E-state index is 0.245. The molecule has 8 heteroatoms. The fraction of sp³-hybridized carbons (Fsp3) is 0.280. The van der Waals surface area contributed by atoms with Crippen molar-refractivity contribution in [3.63, 3.8) is 0 Å². The second-order valence-electron chi connectivity index (χ2n) is 7.98. The molecule has 4 aromatic rings. The number of ether oxygens (including phenoxy) is 1. The van der Waals surface area contributed by atoms with Gasteiger partial charge in [0, 0.05) is 39.4 Å². The van der Waals surface area contributed by atoms with Crippen LogP contribution in [0.5, 0.6) is 0 Å². The number of methoxy groups -OCH3 is 1. The molecule has 0 unspecified atom stereocenters.